The van der Waals surface area contributed by atoms with Gasteiger partial charge in [0.05, 0.1) is 12.1 Å². The van der Waals surface area contributed by atoms with Crippen molar-refractivity contribution in [1.29, 1.82) is 10.5 Å². The van der Waals surface area contributed by atoms with Gasteiger partial charge in [-0.05, 0) is 51.9 Å². The Morgan fingerprint density at radius 1 is 1.14 bits per heavy atom. The minimum Gasteiger partial charge on any atom is -0.444 e. The summed E-state index contributed by atoms with van der Waals surface area (Å²) in [6, 6.07) is 4.39. The summed E-state index contributed by atoms with van der Waals surface area (Å²) in [6.45, 7) is 6.87. The highest BCUT2D eigenvalue weighted by molar-refractivity contribution is 5.68. The molecule has 0 spiro atoms. The zero-order valence-corrected chi connectivity index (χ0v) is 13.3. The maximum atomic E-state index is 12.1. The van der Waals surface area contributed by atoms with Gasteiger partial charge in [-0.25, -0.2) is 4.79 Å². The van der Waals surface area contributed by atoms with Crippen molar-refractivity contribution in [2.24, 2.45) is 5.41 Å². The van der Waals surface area contributed by atoms with Crippen LogP contribution in [-0.2, 0) is 4.74 Å². The third-order valence-electron chi connectivity index (χ3n) is 4.01. The lowest BCUT2D eigenvalue weighted by Gasteiger charge is -2.41. The number of piperidine rings is 1. The molecule has 21 heavy (non-hydrogen) atoms. The normalized spacial score (nSPS) is 17.7. The predicted molar refractivity (Wildman–Crippen MR) is 79.2 cm³/mol. The zero-order chi connectivity index (χ0) is 15.9. The van der Waals surface area contributed by atoms with Crippen LogP contribution in [-0.4, -0.2) is 29.7 Å². The van der Waals surface area contributed by atoms with Gasteiger partial charge >= 0.3 is 6.09 Å². The number of ether oxygens (including phenoxy) is 1. The van der Waals surface area contributed by atoms with Crippen molar-refractivity contribution in [1.82, 2.24) is 4.90 Å². The van der Waals surface area contributed by atoms with Gasteiger partial charge in [0.15, 0.2) is 0 Å². The van der Waals surface area contributed by atoms with E-state index in [1.54, 1.807) is 4.90 Å². The van der Waals surface area contributed by atoms with Crippen LogP contribution < -0.4 is 0 Å². The number of hydrogen-bond donors (Lipinski definition) is 0. The number of carbonyl (C=O) groups excluding carboxylic acids is 1. The number of nitriles is 2. The monoisotopic (exact) mass is 291 g/mol. The van der Waals surface area contributed by atoms with E-state index in [2.05, 4.69) is 12.1 Å². The third-order valence-corrected chi connectivity index (χ3v) is 4.01. The molecule has 0 aromatic heterocycles. The molecule has 1 saturated heterocycles. The molecule has 0 aromatic rings. The number of nitrogens with zero attached hydrogens (tertiary/aromatic N) is 3. The molecule has 0 atom stereocenters. The van der Waals surface area contributed by atoms with Gasteiger partial charge in [0.2, 0.25) is 0 Å². The molecule has 1 heterocycles. The molecule has 0 radical (unpaired) electrons. The highest BCUT2D eigenvalue weighted by Gasteiger charge is 2.36. The summed E-state index contributed by atoms with van der Waals surface area (Å²) >= 11 is 0. The molecule has 116 valence electrons. The van der Waals surface area contributed by atoms with Crippen molar-refractivity contribution in [3.8, 4) is 12.1 Å². The zero-order valence-electron chi connectivity index (χ0n) is 13.3. The van der Waals surface area contributed by atoms with E-state index < -0.39 is 5.60 Å². The van der Waals surface area contributed by atoms with Crippen LogP contribution in [0.15, 0.2) is 0 Å². The van der Waals surface area contributed by atoms with Gasteiger partial charge in [0.25, 0.3) is 0 Å². The summed E-state index contributed by atoms with van der Waals surface area (Å²) in [6.07, 6.45) is 4.07. The summed E-state index contributed by atoms with van der Waals surface area (Å²) in [7, 11) is 0. The van der Waals surface area contributed by atoms with Crippen molar-refractivity contribution in [2.75, 3.05) is 13.1 Å². The molecular weight excluding hydrogens is 266 g/mol. The summed E-state index contributed by atoms with van der Waals surface area (Å²) in [5, 5.41) is 17.6. The summed E-state index contributed by atoms with van der Waals surface area (Å²) in [5.74, 6) is 0. The minimum atomic E-state index is -0.479. The molecule has 1 rings (SSSR count). The van der Waals surface area contributed by atoms with E-state index >= 15 is 0 Å². The molecule has 0 unspecified atom stereocenters. The van der Waals surface area contributed by atoms with Gasteiger partial charge in [-0.2, -0.15) is 10.5 Å². The fourth-order valence-electron chi connectivity index (χ4n) is 2.76. The van der Waals surface area contributed by atoms with Crippen molar-refractivity contribution in [3.05, 3.63) is 0 Å². The van der Waals surface area contributed by atoms with Crippen molar-refractivity contribution >= 4 is 6.09 Å². The van der Waals surface area contributed by atoms with Crippen LogP contribution in [0.5, 0.6) is 0 Å². The van der Waals surface area contributed by atoms with Gasteiger partial charge < -0.3 is 9.64 Å². The maximum absolute atomic E-state index is 12.1. The standard InChI is InChI=1S/C16H25N3O2/c1-15(2,3)21-14(20)19-12-8-16(9-13-19,6-4-10-17)7-5-11-18/h4-9,12-13H2,1-3H3. The molecule has 0 aromatic carbocycles. The Morgan fingerprint density at radius 2 is 1.62 bits per heavy atom. The average Bonchev–Trinajstić information content (AvgIpc) is 2.42. The van der Waals surface area contributed by atoms with Crippen molar-refractivity contribution < 1.29 is 9.53 Å². The second-order valence-electron chi connectivity index (χ2n) is 6.78. The van der Waals surface area contributed by atoms with Gasteiger partial charge in [-0.15, -0.1) is 0 Å². The van der Waals surface area contributed by atoms with Crippen LogP contribution in [0.2, 0.25) is 0 Å². The summed E-state index contributed by atoms with van der Waals surface area (Å²) in [4.78, 5) is 13.8. The molecule has 1 fully saturated rings. The van der Waals surface area contributed by atoms with Crippen LogP contribution in [0.3, 0.4) is 0 Å². The van der Waals surface area contributed by atoms with Crippen LogP contribution in [0, 0.1) is 28.1 Å². The fraction of sp³-hybridized carbons (Fsp3) is 0.812. The molecule has 5 nitrogen and oxygen atoms in total. The van der Waals surface area contributed by atoms with Gasteiger partial charge in [-0.1, -0.05) is 0 Å². The van der Waals surface area contributed by atoms with Crippen LogP contribution in [0.25, 0.3) is 0 Å². The highest BCUT2D eigenvalue weighted by Crippen LogP contribution is 2.40. The Hall–Kier alpha value is -1.75. The lowest BCUT2D eigenvalue weighted by molar-refractivity contribution is 0.00799. The van der Waals surface area contributed by atoms with E-state index in [4.69, 9.17) is 15.3 Å². The first-order valence-corrected chi connectivity index (χ1v) is 7.54. The Labute approximate surface area is 127 Å². The number of rotatable bonds is 4. The first kappa shape index (κ1) is 17.3. The molecule has 0 N–H and O–H groups in total. The highest BCUT2D eigenvalue weighted by atomic mass is 16.6. The van der Waals surface area contributed by atoms with Crippen LogP contribution in [0.1, 0.15) is 59.3 Å². The number of likely N-dealkylation sites (tertiary alicyclic amines) is 1. The number of carbonyl (C=O) groups is 1. The third kappa shape index (κ3) is 5.63. The summed E-state index contributed by atoms with van der Waals surface area (Å²) < 4.78 is 5.39. The smallest absolute Gasteiger partial charge is 0.410 e. The first-order chi connectivity index (χ1) is 9.82. The molecule has 0 bridgehead atoms. The van der Waals surface area contributed by atoms with E-state index in [1.807, 2.05) is 20.8 Å². The van der Waals surface area contributed by atoms with Crippen LogP contribution >= 0.6 is 0 Å². The SMILES string of the molecule is CC(C)(C)OC(=O)N1CCC(CCC#N)(CCC#N)CC1. The molecule has 0 aliphatic carbocycles. The number of hydrogen-bond acceptors (Lipinski definition) is 4. The Kier molecular flexibility index (Phi) is 6.03. The molecule has 1 aliphatic rings. The van der Waals surface area contributed by atoms with E-state index in [-0.39, 0.29) is 11.5 Å². The average molecular weight is 291 g/mol. The molecule has 5 heteroatoms. The molecule has 0 saturated carbocycles. The van der Waals surface area contributed by atoms with Crippen molar-refractivity contribution in [3.63, 3.8) is 0 Å². The van der Waals surface area contributed by atoms with E-state index in [9.17, 15) is 4.79 Å². The second-order valence-corrected chi connectivity index (χ2v) is 6.78. The van der Waals surface area contributed by atoms with E-state index in [0.717, 1.165) is 25.7 Å². The molecule has 1 amide bonds. The van der Waals surface area contributed by atoms with Gasteiger partial charge in [0.1, 0.15) is 5.60 Å². The summed E-state index contributed by atoms with van der Waals surface area (Å²) in [5.41, 5.74) is -0.447. The Bertz CT molecular complexity index is 412. The molecular formula is C16H25N3O2. The van der Waals surface area contributed by atoms with Crippen molar-refractivity contribution in [2.45, 2.75) is 64.9 Å². The van der Waals surface area contributed by atoms with Gasteiger partial charge in [0, 0.05) is 25.9 Å². The van der Waals surface area contributed by atoms with E-state index in [1.165, 1.54) is 0 Å². The number of amides is 1. The fourth-order valence-corrected chi connectivity index (χ4v) is 2.76. The maximum Gasteiger partial charge on any atom is 0.410 e. The quantitative estimate of drug-likeness (QED) is 0.792. The second kappa shape index (κ2) is 7.31. The lowest BCUT2D eigenvalue weighted by Crippen LogP contribution is -2.45. The first-order valence-electron chi connectivity index (χ1n) is 7.54. The lowest BCUT2D eigenvalue weighted by atomic mass is 9.72. The largest absolute Gasteiger partial charge is 0.444 e. The minimum absolute atomic E-state index is 0.0317. The van der Waals surface area contributed by atoms with Gasteiger partial charge in [-0.3, -0.25) is 0 Å². The van der Waals surface area contributed by atoms with Crippen LogP contribution in [0.4, 0.5) is 4.79 Å². The predicted octanol–water partition coefficient (Wildman–Crippen LogP) is 3.61. The Morgan fingerprint density at radius 3 is 2.00 bits per heavy atom. The Balaban J connectivity index is 2.59. The molecule has 1 aliphatic heterocycles. The topological polar surface area (TPSA) is 77.1 Å². The van der Waals surface area contributed by atoms with E-state index in [0.29, 0.717) is 25.9 Å².